The van der Waals surface area contributed by atoms with Crippen LogP contribution in [-0.2, 0) is 0 Å². The van der Waals surface area contributed by atoms with Gasteiger partial charge in [0.1, 0.15) is 11.6 Å². The van der Waals surface area contributed by atoms with Crippen LogP contribution in [0, 0.1) is 0 Å². The van der Waals surface area contributed by atoms with Crippen LogP contribution in [0.5, 0.6) is 5.75 Å². The van der Waals surface area contributed by atoms with E-state index in [0.29, 0.717) is 22.9 Å². The van der Waals surface area contributed by atoms with Gasteiger partial charge in [0, 0.05) is 30.6 Å². The van der Waals surface area contributed by atoms with Crippen molar-refractivity contribution in [3.63, 3.8) is 0 Å². The summed E-state index contributed by atoms with van der Waals surface area (Å²) in [7, 11) is 0. The third kappa shape index (κ3) is 5.55. The first-order valence-electron chi connectivity index (χ1n) is 8.21. The van der Waals surface area contributed by atoms with Crippen LogP contribution in [-0.4, -0.2) is 39.6 Å². The number of benzene rings is 1. The van der Waals surface area contributed by atoms with Crippen molar-refractivity contribution in [2.45, 2.75) is 6.36 Å². The van der Waals surface area contributed by atoms with Crippen molar-refractivity contribution in [2.75, 3.05) is 23.8 Å². The van der Waals surface area contributed by atoms with E-state index in [4.69, 9.17) is 5.11 Å². The Morgan fingerprint density at radius 2 is 1.86 bits per heavy atom. The Morgan fingerprint density at radius 1 is 1.00 bits per heavy atom. The number of alkyl halides is 3. The highest BCUT2D eigenvalue weighted by atomic mass is 19.4. The molecule has 146 valence electrons. The number of aliphatic hydroxyl groups is 1. The lowest BCUT2D eigenvalue weighted by Gasteiger charge is -2.12. The first-order chi connectivity index (χ1) is 13.4. The van der Waals surface area contributed by atoms with Gasteiger partial charge in [-0.1, -0.05) is 12.1 Å². The molecule has 0 bridgehead atoms. The van der Waals surface area contributed by atoms with Crippen LogP contribution in [0.1, 0.15) is 0 Å². The van der Waals surface area contributed by atoms with Gasteiger partial charge in [-0.3, -0.25) is 4.98 Å². The highest BCUT2D eigenvalue weighted by molar-refractivity contribution is 5.65. The molecule has 0 aliphatic rings. The van der Waals surface area contributed by atoms with E-state index in [1.54, 1.807) is 36.5 Å². The molecule has 2 heterocycles. The van der Waals surface area contributed by atoms with Gasteiger partial charge < -0.3 is 20.5 Å². The van der Waals surface area contributed by atoms with Gasteiger partial charge in [-0.05, 0) is 24.3 Å². The van der Waals surface area contributed by atoms with Gasteiger partial charge in [0.25, 0.3) is 0 Å². The van der Waals surface area contributed by atoms with Crippen LogP contribution in [0.4, 0.5) is 30.6 Å². The molecule has 10 heteroatoms. The van der Waals surface area contributed by atoms with Crippen LogP contribution in [0.2, 0.25) is 0 Å². The van der Waals surface area contributed by atoms with Crippen molar-refractivity contribution in [3.05, 3.63) is 54.7 Å². The van der Waals surface area contributed by atoms with E-state index in [1.165, 1.54) is 18.2 Å². The van der Waals surface area contributed by atoms with Crippen molar-refractivity contribution >= 4 is 17.5 Å². The maximum absolute atomic E-state index is 12.4. The SMILES string of the molecule is OCCNc1nc(Nc2cccc(OC(F)(F)F)c2)cc(-c2ccccn2)n1. The second-order valence-corrected chi connectivity index (χ2v) is 5.53. The minimum atomic E-state index is -4.78. The third-order valence-electron chi connectivity index (χ3n) is 3.39. The molecule has 1 aromatic carbocycles. The minimum absolute atomic E-state index is 0.114. The number of aromatic nitrogens is 3. The second kappa shape index (κ2) is 8.53. The Labute approximate surface area is 158 Å². The molecule has 0 atom stereocenters. The first-order valence-corrected chi connectivity index (χ1v) is 8.21. The molecule has 0 aliphatic heterocycles. The van der Waals surface area contributed by atoms with E-state index in [-0.39, 0.29) is 24.8 Å². The van der Waals surface area contributed by atoms with Crippen molar-refractivity contribution in [2.24, 2.45) is 0 Å². The summed E-state index contributed by atoms with van der Waals surface area (Å²) in [5, 5.41) is 14.8. The Kier molecular flexibility index (Phi) is 5.90. The maximum atomic E-state index is 12.4. The lowest BCUT2D eigenvalue weighted by molar-refractivity contribution is -0.274. The van der Waals surface area contributed by atoms with Crippen LogP contribution in [0.3, 0.4) is 0 Å². The average molecular weight is 391 g/mol. The van der Waals surface area contributed by atoms with Gasteiger partial charge in [0.15, 0.2) is 0 Å². The predicted octanol–water partition coefficient (Wildman–Crippen LogP) is 3.59. The molecule has 0 unspecified atom stereocenters. The number of ether oxygens (including phenoxy) is 1. The lowest BCUT2D eigenvalue weighted by Crippen LogP contribution is -2.17. The summed E-state index contributed by atoms with van der Waals surface area (Å²) in [5.41, 5.74) is 1.44. The highest BCUT2D eigenvalue weighted by Gasteiger charge is 2.31. The number of hydrogen-bond acceptors (Lipinski definition) is 7. The zero-order chi connectivity index (χ0) is 20.0. The molecular formula is C18H16F3N5O2. The van der Waals surface area contributed by atoms with E-state index in [1.807, 2.05) is 0 Å². The van der Waals surface area contributed by atoms with Gasteiger partial charge in [0.05, 0.1) is 18.0 Å². The fourth-order valence-corrected chi connectivity index (χ4v) is 2.32. The molecule has 0 amide bonds. The minimum Gasteiger partial charge on any atom is -0.406 e. The van der Waals surface area contributed by atoms with Crippen LogP contribution >= 0.6 is 0 Å². The molecule has 0 radical (unpaired) electrons. The number of hydrogen-bond donors (Lipinski definition) is 3. The smallest absolute Gasteiger partial charge is 0.406 e. The highest BCUT2D eigenvalue weighted by Crippen LogP contribution is 2.27. The van der Waals surface area contributed by atoms with Crippen LogP contribution in [0.15, 0.2) is 54.7 Å². The van der Waals surface area contributed by atoms with Crippen LogP contribution in [0.25, 0.3) is 11.4 Å². The molecule has 0 aliphatic carbocycles. The number of nitrogens with zero attached hydrogens (tertiary/aromatic N) is 3. The zero-order valence-electron chi connectivity index (χ0n) is 14.4. The lowest BCUT2D eigenvalue weighted by atomic mass is 10.2. The Bertz CT molecular complexity index is 923. The van der Waals surface area contributed by atoms with Crippen molar-refractivity contribution in [1.29, 1.82) is 0 Å². The molecule has 7 nitrogen and oxygen atoms in total. The number of anilines is 3. The third-order valence-corrected chi connectivity index (χ3v) is 3.39. The number of pyridine rings is 1. The summed E-state index contributed by atoms with van der Waals surface area (Å²) in [6.45, 7) is 0.122. The molecule has 3 N–H and O–H groups in total. The normalized spacial score (nSPS) is 11.1. The molecular weight excluding hydrogens is 375 g/mol. The number of rotatable bonds is 7. The van der Waals surface area contributed by atoms with E-state index < -0.39 is 6.36 Å². The fourth-order valence-electron chi connectivity index (χ4n) is 2.32. The topological polar surface area (TPSA) is 92.2 Å². The van der Waals surface area contributed by atoms with Gasteiger partial charge >= 0.3 is 6.36 Å². The van der Waals surface area contributed by atoms with Crippen molar-refractivity contribution in [1.82, 2.24) is 15.0 Å². The number of nitrogens with one attached hydrogen (secondary N) is 2. The largest absolute Gasteiger partial charge is 0.573 e. The molecule has 3 aromatic rings. The van der Waals surface area contributed by atoms with E-state index in [9.17, 15) is 13.2 Å². The van der Waals surface area contributed by atoms with E-state index in [0.717, 1.165) is 0 Å². The zero-order valence-corrected chi connectivity index (χ0v) is 14.4. The summed E-state index contributed by atoms with van der Waals surface area (Å²) in [4.78, 5) is 12.8. The summed E-state index contributed by atoms with van der Waals surface area (Å²) >= 11 is 0. The Hall–Kier alpha value is -3.40. The molecule has 0 fully saturated rings. The maximum Gasteiger partial charge on any atom is 0.573 e. The van der Waals surface area contributed by atoms with Crippen molar-refractivity contribution < 1.29 is 23.0 Å². The monoisotopic (exact) mass is 391 g/mol. The van der Waals surface area contributed by atoms with Gasteiger partial charge in [-0.15, -0.1) is 13.2 Å². The molecule has 2 aromatic heterocycles. The van der Waals surface area contributed by atoms with Crippen molar-refractivity contribution in [3.8, 4) is 17.1 Å². The van der Waals surface area contributed by atoms with E-state index >= 15 is 0 Å². The standard InChI is InChI=1S/C18H16F3N5O2/c19-18(20,21)28-13-5-3-4-12(10-13)24-16-11-15(14-6-1-2-7-22-14)25-17(26-16)23-8-9-27/h1-7,10-11,27H,8-9H2,(H2,23,24,25,26). The number of aliphatic hydroxyl groups excluding tert-OH is 1. The van der Waals surface area contributed by atoms with Gasteiger partial charge in [-0.25, -0.2) is 4.98 Å². The molecule has 28 heavy (non-hydrogen) atoms. The van der Waals surface area contributed by atoms with E-state index in [2.05, 4.69) is 30.3 Å². The number of halogens is 3. The van der Waals surface area contributed by atoms with Crippen LogP contribution < -0.4 is 15.4 Å². The Balaban J connectivity index is 1.89. The van der Waals surface area contributed by atoms with Gasteiger partial charge in [0.2, 0.25) is 5.95 Å². The average Bonchev–Trinajstić information content (AvgIpc) is 2.66. The molecule has 0 saturated carbocycles. The second-order valence-electron chi connectivity index (χ2n) is 5.53. The molecule has 3 rings (SSSR count). The predicted molar refractivity (Wildman–Crippen MR) is 97.2 cm³/mol. The fraction of sp³-hybridized carbons (Fsp3) is 0.167. The summed E-state index contributed by atoms with van der Waals surface area (Å²) in [6.07, 6.45) is -3.16. The molecule has 0 saturated heterocycles. The molecule has 0 spiro atoms. The quantitative estimate of drug-likeness (QED) is 0.567. The first kappa shape index (κ1) is 19.4. The summed E-state index contributed by atoms with van der Waals surface area (Å²) < 4.78 is 41.2. The Morgan fingerprint density at radius 3 is 2.57 bits per heavy atom. The summed E-state index contributed by atoms with van der Waals surface area (Å²) in [6, 6.07) is 12.4. The summed E-state index contributed by atoms with van der Waals surface area (Å²) in [5.74, 6) is 0.220. The van der Waals surface area contributed by atoms with Gasteiger partial charge in [-0.2, -0.15) is 4.98 Å².